The summed E-state index contributed by atoms with van der Waals surface area (Å²) in [6.07, 6.45) is 8.48. The van der Waals surface area contributed by atoms with Crippen LogP contribution in [0.3, 0.4) is 0 Å². The number of hydrogen-bond donors (Lipinski definition) is 1. The van der Waals surface area contributed by atoms with Crippen molar-refractivity contribution in [3.63, 3.8) is 0 Å². The summed E-state index contributed by atoms with van der Waals surface area (Å²) in [5, 5.41) is 14.9. The van der Waals surface area contributed by atoms with Crippen LogP contribution >= 0.6 is 0 Å². The third-order valence-electron chi connectivity index (χ3n) is 6.23. The summed E-state index contributed by atoms with van der Waals surface area (Å²) in [6.45, 7) is 1.21. The maximum atomic E-state index is 13.1. The fraction of sp³-hybridized carbons (Fsp3) is 0.333. The molecule has 1 aliphatic rings. The summed E-state index contributed by atoms with van der Waals surface area (Å²) in [5.74, 6) is 0.207. The SMILES string of the molecule is N#CCC(c1cccc(S(=O)(=O)CC2CCOCC2)c1)n1cc(-c2ncnc3[nH]ccc23)cn1. The van der Waals surface area contributed by atoms with Crippen molar-refractivity contribution >= 4 is 20.9 Å². The highest BCUT2D eigenvalue weighted by molar-refractivity contribution is 7.91. The zero-order valence-electron chi connectivity index (χ0n) is 18.5. The fourth-order valence-electron chi connectivity index (χ4n) is 4.42. The second-order valence-corrected chi connectivity index (χ2v) is 10.5. The quantitative estimate of drug-likeness (QED) is 0.432. The molecule has 1 atom stereocenters. The van der Waals surface area contributed by atoms with Gasteiger partial charge in [0.1, 0.15) is 12.0 Å². The lowest BCUT2D eigenvalue weighted by Crippen LogP contribution is -2.23. The number of benzene rings is 1. The van der Waals surface area contributed by atoms with Crippen molar-refractivity contribution in [1.82, 2.24) is 24.7 Å². The standard InChI is InChI=1S/C24H24N6O3S/c25-8-4-22(30-14-19(13-29-30)23-21-5-9-26-24(21)28-16-27-23)18-2-1-3-20(12-18)34(31,32)15-17-6-10-33-11-7-17/h1-3,5,9,12-14,16-17,22H,4,6-7,10-11,15H2,(H,26,27,28). The van der Waals surface area contributed by atoms with Gasteiger partial charge in [0.15, 0.2) is 9.84 Å². The maximum absolute atomic E-state index is 13.1. The molecule has 0 spiro atoms. The first-order chi connectivity index (χ1) is 16.5. The van der Waals surface area contributed by atoms with Gasteiger partial charge in [0, 0.05) is 36.6 Å². The lowest BCUT2D eigenvalue weighted by atomic mass is 10.0. The highest BCUT2D eigenvalue weighted by atomic mass is 32.2. The Morgan fingerprint density at radius 3 is 2.91 bits per heavy atom. The first-order valence-electron chi connectivity index (χ1n) is 11.1. The number of nitrogens with one attached hydrogen (secondary N) is 1. The molecule has 3 aromatic heterocycles. The van der Waals surface area contributed by atoms with Crippen LogP contribution in [0.25, 0.3) is 22.3 Å². The number of H-pyrrole nitrogens is 1. The van der Waals surface area contributed by atoms with Crippen molar-refractivity contribution in [3.8, 4) is 17.3 Å². The van der Waals surface area contributed by atoms with Crippen molar-refractivity contribution < 1.29 is 13.2 Å². The largest absolute Gasteiger partial charge is 0.381 e. The highest BCUT2D eigenvalue weighted by Gasteiger charge is 2.25. The van der Waals surface area contributed by atoms with E-state index in [-0.39, 0.29) is 23.0 Å². The van der Waals surface area contributed by atoms with Gasteiger partial charge in [-0.3, -0.25) is 4.68 Å². The van der Waals surface area contributed by atoms with Crippen LogP contribution in [0.1, 0.15) is 30.9 Å². The van der Waals surface area contributed by atoms with Gasteiger partial charge in [0.25, 0.3) is 0 Å². The fourth-order valence-corrected chi connectivity index (χ4v) is 6.17. The molecule has 1 fully saturated rings. The lowest BCUT2D eigenvalue weighted by molar-refractivity contribution is 0.0723. The predicted molar refractivity (Wildman–Crippen MR) is 126 cm³/mol. The molecular weight excluding hydrogens is 452 g/mol. The summed E-state index contributed by atoms with van der Waals surface area (Å²) in [4.78, 5) is 12.0. The third-order valence-corrected chi connectivity index (χ3v) is 8.11. The molecule has 1 N–H and O–H groups in total. The molecule has 0 saturated carbocycles. The zero-order valence-corrected chi connectivity index (χ0v) is 19.3. The van der Waals surface area contributed by atoms with Crippen LogP contribution in [0.5, 0.6) is 0 Å². The van der Waals surface area contributed by atoms with E-state index in [9.17, 15) is 13.7 Å². The second-order valence-electron chi connectivity index (χ2n) is 8.46. The molecule has 1 unspecified atom stereocenters. The number of rotatable bonds is 7. The molecule has 9 nitrogen and oxygen atoms in total. The number of aromatic amines is 1. The van der Waals surface area contributed by atoms with Crippen LogP contribution in [-0.4, -0.2) is 52.1 Å². The van der Waals surface area contributed by atoms with Crippen LogP contribution in [0.4, 0.5) is 0 Å². The first-order valence-corrected chi connectivity index (χ1v) is 12.8. The van der Waals surface area contributed by atoms with Crippen molar-refractivity contribution in [2.24, 2.45) is 5.92 Å². The Hall–Kier alpha value is -3.55. The van der Waals surface area contributed by atoms with Crippen molar-refractivity contribution in [2.45, 2.75) is 30.2 Å². The van der Waals surface area contributed by atoms with E-state index < -0.39 is 15.9 Å². The molecule has 1 aromatic carbocycles. The van der Waals surface area contributed by atoms with Gasteiger partial charge in [-0.05, 0) is 42.5 Å². The molecule has 4 aromatic rings. The molecule has 4 heterocycles. The van der Waals surface area contributed by atoms with Crippen LogP contribution in [0.2, 0.25) is 0 Å². The normalized spacial score (nSPS) is 15.9. The maximum Gasteiger partial charge on any atom is 0.178 e. The van der Waals surface area contributed by atoms with Crippen molar-refractivity contribution in [1.29, 1.82) is 5.26 Å². The number of sulfone groups is 1. The van der Waals surface area contributed by atoms with E-state index in [4.69, 9.17) is 4.74 Å². The molecule has 1 aliphatic heterocycles. The molecule has 0 aliphatic carbocycles. The van der Waals surface area contributed by atoms with Crippen LogP contribution in [-0.2, 0) is 14.6 Å². The molecule has 0 radical (unpaired) electrons. The molecule has 0 amide bonds. The minimum Gasteiger partial charge on any atom is -0.381 e. The molecule has 34 heavy (non-hydrogen) atoms. The molecule has 174 valence electrons. The van der Waals surface area contributed by atoms with E-state index in [1.54, 1.807) is 35.3 Å². The Bertz CT molecular complexity index is 1450. The summed E-state index contributed by atoms with van der Waals surface area (Å²) in [6, 6.07) is 10.6. The Morgan fingerprint density at radius 2 is 2.09 bits per heavy atom. The van der Waals surface area contributed by atoms with Crippen molar-refractivity contribution in [2.75, 3.05) is 19.0 Å². The minimum absolute atomic E-state index is 0.101. The Kier molecular flexibility index (Phi) is 6.13. The summed E-state index contributed by atoms with van der Waals surface area (Å²) >= 11 is 0. The Balaban J connectivity index is 1.45. The first kappa shape index (κ1) is 22.3. The Labute approximate surface area is 197 Å². The lowest BCUT2D eigenvalue weighted by Gasteiger charge is -2.22. The van der Waals surface area contributed by atoms with E-state index in [2.05, 4.69) is 26.1 Å². The van der Waals surface area contributed by atoms with Gasteiger partial charge in [-0.25, -0.2) is 18.4 Å². The molecule has 0 bridgehead atoms. The number of ether oxygens (including phenoxy) is 1. The predicted octanol–water partition coefficient (Wildman–Crippen LogP) is 3.52. The molecule has 1 saturated heterocycles. The van der Waals surface area contributed by atoms with E-state index in [0.717, 1.165) is 40.7 Å². The van der Waals surface area contributed by atoms with Crippen LogP contribution in [0.15, 0.2) is 60.1 Å². The number of aromatic nitrogens is 5. The van der Waals surface area contributed by atoms with E-state index in [0.29, 0.717) is 13.2 Å². The van der Waals surface area contributed by atoms with E-state index >= 15 is 0 Å². The molecular formula is C24H24N6O3S. The average Bonchev–Trinajstić information content (AvgIpc) is 3.53. The van der Waals surface area contributed by atoms with Gasteiger partial charge in [0.2, 0.25) is 0 Å². The van der Waals surface area contributed by atoms with Gasteiger partial charge in [-0.1, -0.05) is 12.1 Å². The number of nitriles is 1. The topological polar surface area (TPSA) is 127 Å². The minimum atomic E-state index is -3.46. The Morgan fingerprint density at radius 1 is 1.24 bits per heavy atom. The number of nitrogens with zero attached hydrogens (tertiary/aromatic N) is 5. The van der Waals surface area contributed by atoms with Crippen LogP contribution < -0.4 is 0 Å². The van der Waals surface area contributed by atoms with E-state index in [1.807, 2.05) is 18.3 Å². The van der Waals surface area contributed by atoms with Gasteiger partial charge in [-0.15, -0.1) is 0 Å². The summed E-state index contributed by atoms with van der Waals surface area (Å²) in [7, 11) is -3.46. The van der Waals surface area contributed by atoms with Gasteiger partial charge < -0.3 is 9.72 Å². The smallest absolute Gasteiger partial charge is 0.178 e. The third kappa shape index (κ3) is 4.44. The average molecular weight is 477 g/mol. The second kappa shape index (κ2) is 9.37. The molecule has 10 heteroatoms. The number of fused-ring (bicyclic) bond motifs is 1. The monoisotopic (exact) mass is 476 g/mol. The summed E-state index contributed by atoms with van der Waals surface area (Å²) in [5.41, 5.74) is 2.98. The van der Waals surface area contributed by atoms with E-state index in [1.165, 1.54) is 6.33 Å². The van der Waals surface area contributed by atoms with Gasteiger partial charge in [0.05, 0.1) is 41.1 Å². The summed E-state index contributed by atoms with van der Waals surface area (Å²) < 4.78 is 33.3. The highest BCUT2D eigenvalue weighted by Crippen LogP contribution is 2.29. The zero-order chi connectivity index (χ0) is 23.5. The molecule has 5 rings (SSSR count). The van der Waals surface area contributed by atoms with Crippen molar-refractivity contribution in [3.05, 3.63) is 60.8 Å². The van der Waals surface area contributed by atoms with Gasteiger partial charge >= 0.3 is 0 Å². The van der Waals surface area contributed by atoms with Gasteiger partial charge in [-0.2, -0.15) is 10.4 Å². The van der Waals surface area contributed by atoms with Crippen LogP contribution in [0, 0.1) is 17.2 Å². The number of hydrogen-bond acceptors (Lipinski definition) is 7.